The van der Waals surface area contributed by atoms with E-state index in [-0.39, 0.29) is 12.5 Å². The van der Waals surface area contributed by atoms with Gasteiger partial charge in [0.2, 0.25) is 5.91 Å². The van der Waals surface area contributed by atoms with Crippen LogP contribution in [0.4, 0.5) is 0 Å². The van der Waals surface area contributed by atoms with Crippen LogP contribution in [-0.2, 0) is 4.79 Å². The summed E-state index contributed by atoms with van der Waals surface area (Å²) in [6.07, 6.45) is 38.2. The minimum atomic E-state index is -0.855. The lowest BCUT2D eigenvalue weighted by molar-refractivity contribution is -0.123. The maximum Gasteiger partial charge on any atom is 0.220 e. The Morgan fingerprint density at radius 2 is 1.00 bits per heavy atom. The van der Waals surface area contributed by atoms with Gasteiger partial charge in [0.15, 0.2) is 0 Å². The van der Waals surface area contributed by atoms with Crippen molar-refractivity contribution in [1.29, 1.82) is 0 Å². The topological polar surface area (TPSA) is 69.6 Å². The molecule has 0 aromatic rings. The van der Waals surface area contributed by atoms with Gasteiger partial charge in [0.25, 0.3) is 0 Å². The van der Waals surface area contributed by atoms with Crippen molar-refractivity contribution >= 4 is 5.91 Å². The van der Waals surface area contributed by atoms with Crippen molar-refractivity contribution in [1.82, 2.24) is 5.32 Å². The first kappa shape index (κ1) is 37.9. The quantitative estimate of drug-likeness (QED) is 0.0617. The van der Waals surface area contributed by atoms with Gasteiger partial charge in [0.1, 0.15) is 0 Å². The fourth-order valence-corrected chi connectivity index (χ4v) is 5.02. The maximum atomic E-state index is 12.3. The SMILES string of the molecule is CCCCCCCCC/C=C/CC/C=C/C(O)C(CO)NC(=O)CCCCCCCCCCCCCCCC. The van der Waals surface area contributed by atoms with E-state index in [1.165, 1.54) is 122 Å². The molecule has 0 spiro atoms. The van der Waals surface area contributed by atoms with Crippen molar-refractivity contribution in [2.75, 3.05) is 6.61 Å². The summed E-state index contributed by atoms with van der Waals surface area (Å²) in [5.74, 6) is -0.0752. The largest absolute Gasteiger partial charge is 0.394 e. The van der Waals surface area contributed by atoms with E-state index in [9.17, 15) is 15.0 Å². The van der Waals surface area contributed by atoms with Crippen LogP contribution in [0.1, 0.15) is 174 Å². The first-order valence-electron chi connectivity index (χ1n) is 17.1. The van der Waals surface area contributed by atoms with Crippen LogP contribution >= 0.6 is 0 Å². The molecule has 0 aliphatic rings. The highest BCUT2D eigenvalue weighted by Crippen LogP contribution is 2.14. The Kier molecular flexibility index (Phi) is 30.5. The normalized spacial score (nSPS) is 13.4. The molecule has 0 bridgehead atoms. The van der Waals surface area contributed by atoms with Gasteiger partial charge >= 0.3 is 0 Å². The lowest BCUT2D eigenvalue weighted by Crippen LogP contribution is -2.45. The molecule has 0 saturated heterocycles. The first-order chi connectivity index (χ1) is 19.2. The van der Waals surface area contributed by atoms with Crippen molar-refractivity contribution < 1.29 is 15.0 Å². The summed E-state index contributed by atoms with van der Waals surface area (Å²) < 4.78 is 0. The number of unbranched alkanes of at least 4 members (excludes halogenated alkanes) is 21. The predicted octanol–water partition coefficient (Wildman–Crippen LogP) is 9.73. The van der Waals surface area contributed by atoms with Crippen molar-refractivity contribution in [2.24, 2.45) is 0 Å². The second-order valence-corrected chi connectivity index (χ2v) is 11.6. The van der Waals surface area contributed by atoms with Gasteiger partial charge in [-0.1, -0.05) is 160 Å². The molecular formula is C35H67NO3. The van der Waals surface area contributed by atoms with Gasteiger partial charge in [-0.25, -0.2) is 0 Å². The molecule has 0 aliphatic heterocycles. The zero-order valence-electron chi connectivity index (χ0n) is 26.2. The van der Waals surface area contributed by atoms with Crippen molar-refractivity contribution in [3.05, 3.63) is 24.3 Å². The highest BCUT2D eigenvalue weighted by atomic mass is 16.3. The molecule has 2 atom stereocenters. The number of amides is 1. The fraction of sp³-hybridized carbons (Fsp3) is 0.857. The number of carbonyl (C=O) groups is 1. The maximum absolute atomic E-state index is 12.3. The Bertz CT molecular complexity index is 560. The third kappa shape index (κ3) is 28.2. The first-order valence-corrected chi connectivity index (χ1v) is 17.1. The minimum Gasteiger partial charge on any atom is -0.394 e. The molecule has 39 heavy (non-hydrogen) atoms. The van der Waals surface area contributed by atoms with Crippen molar-refractivity contribution in [3.8, 4) is 0 Å². The zero-order valence-corrected chi connectivity index (χ0v) is 26.2. The average Bonchev–Trinajstić information content (AvgIpc) is 2.94. The number of carbonyl (C=O) groups excluding carboxylic acids is 1. The molecule has 0 radical (unpaired) electrons. The number of aliphatic hydroxyl groups excluding tert-OH is 2. The number of allylic oxidation sites excluding steroid dienone is 3. The zero-order chi connectivity index (χ0) is 28.7. The molecule has 0 saturated carbocycles. The fourth-order valence-electron chi connectivity index (χ4n) is 5.02. The Morgan fingerprint density at radius 3 is 1.49 bits per heavy atom. The summed E-state index contributed by atoms with van der Waals surface area (Å²) in [6.45, 7) is 4.27. The van der Waals surface area contributed by atoms with Gasteiger partial charge < -0.3 is 15.5 Å². The Hall–Kier alpha value is -1.13. The summed E-state index contributed by atoms with van der Waals surface area (Å²) >= 11 is 0. The second kappa shape index (κ2) is 31.4. The molecule has 0 fully saturated rings. The standard InChI is InChI=1S/C35H67NO3/c1-3-5-7-9-11-13-15-17-19-21-23-25-27-29-31-35(39)36-33(32-37)34(38)30-28-26-24-22-20-18-16-14-12-10-8-6-4-2/h20,22,28,30,33-34,37-38H,3-19,21,23-27,29,31-32H2,1-2H3,(H,36,39)/b22-20+,30-28+. The van der Waals surface area contributed by atoms with Crippen LogP contribution in [0.15, 0.2) is 24.3 Å². The summed E-state index contributed by atoms with van der Waals surface area (Å²) in [7, 11) is 0. The van der Waals surface area contributed by atoms with E-state index in [2.05, 4.69) is 31.3 Å². The number of aliphatic hydroxyl groups is 2. The van der Waals surface area contributed by atoms with Crippen LogP contribution in [0.2, 0.25) is 0 Å². The van der Waals surface area contributed by atoms with Crippen LogP contribution in [0, 0.1) is 0 Å². The summed E-state index contributed by atoms with van der Waals surface area (Å²) in [5.41, 5.74) is 0. The molecule has 1 amide bonds. The molecule has 4 heteroatoms. The third-order valence-corrected chi connectivity index (χ3v) is 7.69. The lowest BCUT2D eigenvalue weighted by atomic mass is 10.0. The van der Waals surface area contributed by atoms with Gasteiger partial charge in [-0.05, 0) is 32.1 Å². The van der Waals surface area contributed by atoms with E-state index >= 15 is 0 Å². The molecule has 230 valence electrons. The lowest BCUT2D eigenvalue weighted by Gasteiger charge is -2.19. The highest BCUT2D eigenvalue weighted by Gasteiger charge is 2.17. The number of nitrogens with one attached hydrogen (secondary N) is 1. The van der Waals surface area contributed by atoms with E-state index in [1.807, 2.05) is 6.08 Å². The molecule has 2 unspecified atom stereocenters. The Balaban J connectivity index is 3.68. The van der Waals surface area contributed by atoms with Crippen LogP contribution in [0.25, 0.3) is 0 Å². The monoisotopic (exact) mass is 550 g/mol. The van der Waals surface area contributed by atoms with Crippen LogP contribution in [-0.4, -0.2) is 34.9 Å². The molecule has 0 aromatic carbocycles. The molecule has 0 aliphatic carbocycles. The van der Waals surface area contributed by atoms with E-state index in [4.69, 9.17) is 0 Å². The van der Waals surface area contributed by atoms with E-state index in [1.54, 1.807) is 6.08 Å². The Labute approximate surface area is 243 Å². The van der Waals surface area contributed by atoms with E-state index in [0.29, 0.717) is 6.42 Å². The van der Waals surface area contributed by atoms with Gasteiger partial charge in [0, 0.05) is 6.42 Å². The van der Waals surface area contributed by atoms with Gasteiger partial charge in [0.05, 0.1) is 18.8 Å². The van der Waals surface area contributed by atoms with Crippen LogP contribution in [0.5, 0.6) is 0 Å². The van der Waals surface area contributed by atoms with Gasteiger partial charge in [-0.3, -0.25) is 4.79 Å². The molecule has 0 heterocycles. The smallest absolute Gasteiger partial charge is 0.220 e. The van der Waals surface area contributed by atoms with Gasteiger partial charge in [-0.15, -0.1) is 0 Å². The summed E-state index contributed by atoms with van der Waals surface area (Å²) in [6, 6.07) is -0.631. The highest BCUT2D eigenvalue weighted by molar-refractivity contribution is 5.76. The van der Waals surface area contributed by atoms with Crippen LogP contribution < -0.4 is 5.32 Å². The molecule has 0 rings (SSSR count). The van der Waals surface area contributed by atoms with E-state index < -0.39 is 12.1 Å². The molecule has 3 N–H and O–H groups in total. The minimum absolute atomic E-state index is 0.0752. The van der Waals surface area contributed by atoms with Crippen LogP contribution in [0.3, 0.4) is 0 Å². The number of rotatable bonds is 30. The number of hydrogen-bond donors (Lipinski definition) is 3. The van der Waals surface area contributed by atoms with E-state index in [0.717, 1.165) is 32.1 Å². The average molecular weight is 550 g/mol. The van der Waals surface area contributed by atoms with Gasteiger partial charge in [-0.2, -0.15) is 0 Å². The van der Waals surface area contributed by atoms with Crippen molar-refractivity contribution in [3.63, 3.8) is 0 Å². The molecular weight excluding hydrogens is 482 g/mol. The molecule has 0 aromatic heterocycles. The third-order valence-electron chi connectivity index (χ3n) is 7.69. The second-order valence-electron chi connectivity index (χ2n) is 11.6. The van der Waals surface area contributed by atoms with Crippen molar-refractivity contribution in [2.45, 2.75) is 187 Å². The Morgan fingerprint density at radius 1 is 0.590 bits per heavy atom. The summed E-state index contributed by atoms with van der Waals surface area (Å²) in [5, 5.41) is 22.8. The predicted molar refractivity (Wildman–Crippen MR) is 170 cm³/mol. The molecule has 4 nitrogen and oxygen atoms in total. The number of hydrogen-bond acceptors (Lipinski definition) is 3. The summed E-state index contributed by atoms with van der Waals surface area (Å²) in [4.78, 5) is 12.3.